The Balaban J connectivity index is 2.34. The fourth-order valence-corrected chi connectivity index (χ4v) is 4.67. The standard InChI is InChI=1S/C17H35O3P/c1-4-5-14-21(18,19-13-9-10-16(2)3)20-15-17-11-7-6-8-12-17/h16-17H,4-15H2,1-3H3. The van der Waals surface area contributed by atoms with E-state index in [2.05, 4.69) is 20.8 Å². The van der Waals surface area contributed by atoms with Gasteiger partial charge in [-0.15, -0.1) is 0 Å². The van der Waals surface area contributed by atoms with Crippen LogP contribution in [0.5, 0.6) is 0 Å². The largest absolute Gasteiger partial charge is 0.330 e. The molecule has 126 valence electrons. The fraction of sp³-hybridized carbons (Fsp3) is 1.00. The summed E-state index contributed by atoms with van der Waals surface area (Å²) in [4.78, 5) is 0. The highest BCUT2D eigenvalue weighted by Gasteiger charge is 2.26. The van der Waals surface area contributed by atoms with Crippen LogP contribution in [0.1, 0.15) is 78.6 Å². The van der Waals surface area contributed by atoms with Crippen LogP contribution in [0.3, 0.4) is 0 Å². The zero-order chi connectivity index (χ0) is 15.6. The molecule has 1 aliphatic rings. The van der Waals surface area contributed by atoms with E-state index in [-0.39, 0.29) is 0 Å². The summed E-state index contributed by atoms with van der Waals surface area (Å²) < 4.78 is 24.3. The van der Waals surface area contributed by atoms with Gasteiger partial charge in [0.15, 0.2) is 0 Å². The van der Waals surface area contributed by atoms with Crippen molar-refractivity contribution < 1.29 is 13.6 Å². The molecular formula is C17H35O3P. The zero-order valence-electron chi connectivity index (χ0n) is 14.3. The van der Waals surface area contributed by atoms with Crippen molar-refractivity contribution in [1.82, 2.24) is 0 Å². The molecule has 1 rings (SSSR count). The summed E-state index contributed by atoms with van der Waals surface area (Å²) >= 11 is 0. The average Bonchev–Trinajstić information content (AvgIpc) is 2.49. The lowest BCUT2D eigenvalue weighted by Gasteiger charge is -2.25. The molecule has 0 aromatic heterocycles. The Morgan fingerprint density at radius 1 is 1.10 bits per heavy atom. The van der Waals surface area contributed by atoms with Crippen molar-refractivity contribution in [2.75, 3.05) is 19.4 Å². The quantitative estimate of drug-likeness (QED) is 0.345. The Labute approximate surface area is 131 Å². The van der Waals surface area contributed by atoms with Gasteiger partial charge in [0, 0.05) is 0 Å². The molecule has 4 heteroatoms. The van der Waals surface area contributed by atoms with E-state index in [1.807, 2.05) is 0 Å². The van der Waals surface area contributed by atoms with Gasteiger partial charge in [0.2, 0.25) is 0 Å². The highest BCUT2D eigenvalue weighted by atomic mass is 31.2. The molecule has 1 unspecified atom stereocenters. The summed E-state index contributed by atoms with van der Waals surface area (Å²) in [6.07, 6.45) is 11.0. The van der Waals surface area contributed by atoms with Crippen LogP contribution < -0.4 is 0 Å². The van der Waals surface area contributed by atoms with Crippen molar-refractivity contribution in [2.45, 2.75) is 78.6 Å². The topological polar surface area (TPSA) is 35.5 Å². The maximum absolute atomic E-state index is 12.8. The van der Waals surface area contributed by atoms with Gasteiger partial charge in [0.1, 0.15) is 0 Å². The minimum Gasteiger partial charge on any atom is -0.309 e. The van der Waals surface area contributed by atoms with E-state index < -0.39 is 7.60 Å². The Morgan fingerprint density at radius 3 is 2.43 bits per heavy atom. The number of rotatable bonds is 11. The van der Waals surface area contributed by atoms with E-state index in [1.54, 1.807) is 0 Å². The molecule has 0 aromatic carbocycles. The smallest absolute Gasteiger partial charge is 0.309 e. The Morgan fingerprint density at radius 2 is 1.81 bits per heavy atom. The third-order valence-electron chi connectivity index (χ3n) is 4.23. The predicted octanol–water partition coefficient (Wildman–Crippen LogP) is 6.03. The van der Waals surface area contributed by atoms with Crippen molar-refractivity contribution in [3.63, 3.8) is 0 Å². The maximum atomic E-state index is 12.8. The molecule has 0 N–H and O–H groups in total. The van der Waals surface area contributed by atoms with Crippen LogP contribution in [0.25, 0.3) is 0 Å². The first-order valence-electron chi connectivity index (χ1n) is 8.94. The van der Waals surface area contributed by atoms with Crippen LogP contribution in [0.2, 0.25) is 0 Å². The maximum Gasteiger partial charge on any atom is 0.330 e. The molecule has 0 amide bonds. The first-order valence-corrected chi connectivity index (χ1v) is 10.7. The molecule has 1 aliphatic carbocycles. The SMILES string of the molecule is CCCCP(=O)(OCCCC(C)C)OCC1CCCCC1. The van der Waals surface area contributed by atoms with Gasteiger partial charge < -0.3 is 9.05 Å². The summed E-state index contributed by atoms with van der Waals surface area (Å²) in [6.45, 7) is 7.73. The molecule has 0 aromatic rings. The molecule has 1 fully saturated rings. The van der Waals surface area contributed by atoms with Crippen LogP contribution in [-0.2, 0) is 13.6 Å². The van der Waals surface area contributed by atoms with E-state index in [9.17, 15) is 4.57 Å². The van der Waals surface area contributed by atoms with Crippen LogP contribution in [0, 0.1) is 11.8 Å². The van der Waals surface area contributed by atoms with Crippen molar-refractivity contribution >= 4 is 7.60 Å². The fourth-order valence-electron chi connectivity index (χ4n) is 2.79. The van der Waals surface area contributed by atoms with E-state index in [1.165, 1.54) is 32.1 Å². The molecule has 1 atom stereocenters. The predicted molar refractivity (Wildman–Crippen MR) is 89.9 cm³/mol. The molecule has 21 heavy (non-hydrogen) atoms. The second-order valence-electron chi connectivity index (χ2n) is 6.86. The molecule has 1 saturated carbocycles. The van der Waals surface area contributed by atoms with Crippen molar-refractivity contribution in [1.29, 1.82) is 0 Å². The lowest BCUT2D eigenvalue weighted by atomic mass is 9.90. The molecule has 0 aliphatic heterocycles. The molecule has 0 bridgehead atoms. The number of hydrogen-bond donors (Lipinski definition) is 0. The summed E-state index contributed by atoms with van der Waals surface area (Å²) in [7, 11) is -2.86. The highest BCUT2D eigenvalue weighted by molar-refractivity contribution is 7.53. The first kappa shape index (κ1) is 19.2. The molecule has 0 heterocycles. The van der Waals surface area contributed by atoms with Gasteiger partial charge in [-0.3, -0.25) is 4.57 Å². The van der Waals surface area contributed by atoms with Gasteiger partial charge in [-0.2, -0.15) is 0 Å². The highest BCUT2D eigenvalue weighted by Crippen LogP contribution is 2.50. The summed E-state index contributed by atoms with van der Waals surface area (Å²) in [5.74, 6) is 1.26. The van der Waals surface area contributed by atoms with Gasteiger partial charge >= 0.3 is 7.60 Å². The summed E-state index contributed by atoms with van der Waals surface area (Å²) in [5.41, 5.74) is 0. The normalized spacial score (nSPS) is 19.8. The van der Waals surface area contributed by atoms with Gasteiger partial charge in [0.05, 0.1) is 19.4 Å². The molecule has 0 radical (unpaired) electrons. The van der Waals surface area contributed by atoms with Crippen LogP contribution >= 0.6 is 7.60 Å². The van der Waals surface area contributed by atoms with E-state index in [4.69, 9.17) is 9.05 Å². The van der Waals surface area contributed by atoms with Crippen LogP contribution in [0.15, 0.2) is 0 Å². The second-order valence-corrected chi connectivity index (χ2v) is 9.04. The van der Waals surface area contributed by atoms with E-state index >= 15 is 0 Å². The third kappa shape index (κ3) is 9.01. The first-order chi connectivity index (χ1) is 10.1. The second kappa shape index (κ2) is 10.8. The van der Waals surface area contributed by atoms with Crippen LogP contribution in [-0.4, -0.2) is 19.4 Å². The Kier molecular flexibility index (Phi) is 9.88. The number of hydrogen-bond acceptors (Lipinski definition) is 3. The van der Waals surface area contributed by atoms with E-state index in [0.717, 1.165) is 25.7 Å². The Hall–Kier alpha value is 0.150. The van der Waals surface area contributed by atoms with Crippen molar-refractivity contribution in [3.05, 3.63) is 0 Å². The van der Waals surface area contributed by atoms with E-state index in [0.29, 0.717) is 31.2 Å². The third-order valence-corrected chi connectivity index (χ3v) is 6.21. The molecule has 0 saturated heterocycles. The molecule has 3 nitrogen and oxygen atoms in total. The zero-order valence-corrected chi connectivity index (χ0v) is 15.2. The Bertz CT molecular complexity index is 298. The van der Waals surface area contributed by atoms with Gasteiger partial charge in [-0.05, 0) is 43.9 Å². The lowest BCUT2D eigenvalue weighted by molar-refractivity contribution is 0.158. The van der Waals surface area contributed by atoms with Gasteiger partial charge in [-0.25, -0.2) is 0 Å². The number of unbranched alkanes of at least 4 members (excludes halogenated alkanes) is 1. The monoisotopic (exact) mass is 318 g/mol. The van der Waals surface area contributed by atoms with Crippen molar-refractivity contribution in [2.24, 2.45) is 11.8 Å². The minimum atomic E-state index is -2.86. The summed E-state index contributed by atoms with van der Waals surface area (Å²) in [6, 6.07) is 0. The minimum absolute atomic E-state index is 0.573. The summed E-state index contributed by atoms with van der Waals surface area (Å²) in [5, 5.41) is 0. The lowest BCUT2D eigenvalue weighted by Crippen LogP contribution is -2.14. The average molecular weight is 318 g/mol. The van der Waals surface area contributed by atoms with Crippen molar-refractivity contribution in [3.8, 4) is 0 Å². The molecular weight excluding hydrogens is 283 g/mol. The van der Waals surface area contributed by atoms with Gasteiger partial charge in [0.25, 0.3) is 0 Å². The van der Waals surface area contributed by atoms with Gasteiger partial charge in [-0.1, -0.05) is 46.5 Å². The van der Waals surface area contributed by atoms with Crippen LogP contribution in [0.4, 0.5) is 0 Å². The molecule has 0 spiro atoms.